The van der Waals surface area contributed by atoms with Crippen LogP contribution in [0.4, 0.5) is 5.69 Å². The van der Waals surface area contributed by atoms with E-state index in [2.05, 4.69) is 39.9 Å². The molecule has 7 heteroatoms. The van der Waals surface area contributed by atoms with Crippen molar-refractivity contribution in [3.05, 3.63) is 53.9 Å². The van der Waals surface area contributed by atoms with E-state index in [1.54, 1.807) is 0 Å². The van der Waals surface area contributed by atoms with Gasteiger partial charge in [0.05, 0.1) is 11.2 Å². The Morgan fingerprint density at radius 2 is 1.82 bits per heavy atom. The fourth-order valence-corrected chi connectivity index (χ4v) is 4.20. The van der Waals surface area contributed by atoms with Crippen LogP contribution in [0, 0.1) is 6.92 Å². The van der Waals surface area contributed by atoms with Gasteiger partial charge in [0.25, 0.3) is 0 Å². The fourth-order valence-electron chi connectivity index (χ4n) is 4.20. The summed E-state index contributed by atoms with van der Waals surface area (Å²) < 4.78 is 13.3. The lowest BCUT2D eigenvalue weighted by molar-refractivity contribution is 0.171. The summed E-state index contributed by atoms with van der Waals surface area (Å²) >= 11 is 0. The summed E-state index contributed by atoms with van der Waals surface area (Å²) in [4.78, 5) is 0. The van der Waals surface area contributed by atoms with E-state index in [1.165, 1.54) is 5.56 Å². The Hall–Kier alpha value is -3.09. The average Bonchev–Trinajstić information content (AvgIpc) is 3.38. The van der Waals surface area contributed by atoms with Gasteiger partial charge >= 0.3 is 0 Å². The maximum Gasteiger partial charge on any atom is 0.181 e. The lowest BCUT2D eigenvalue weighted by Gasteiger charge is -2.31. The van der Waals surface area contributed by atoms with Crippen LogP contribution in [0.5, 0.6) is 11.5 Å². The molecule has 2 aliphatic rings. The minimum Gasteiger partial charge on any atom is -0.486 e. The average molecular weight is 377 g/mol. The Morgan fingerprint density at radius 1 is 1.00 bits per heavy atom. The summed E-state index contributed by atoms with van der Waals surface area (Å²) in [7, 11) is 0. The molecular weight excluding hydrogens is 354 g/mol. The number of ether oxygens (including phenoxy) is 2. The molecule has 144 valence electrons. The molecule has 1 aromatic heterocycles. The van der Waals surface area contributed by atoms with Gasteiger partial charge in [0.2, 0.25) is 0 Å². The Morgan fingerprint density at radius 3 is 2.64 bits per heavy atom. The van der Waals surface area contributed by atoms with Crippen LogP contribution in [0.2, 0.25) is 0 Å². The molecule has 2 heterocycles. The minimum absolute atomic E-state index is 0.309. The molecule has 5 rings (SSSR count). The van der Waals surface area contributed by atoms with Crippen molar-refractivity contribution >= 4 is 5.69 Å². The monoisotopic (exact) mass is 377 g/mol. The van der Waals surface area contributed by atoms with Crippen LogP contribution in [0.15, 0.2) is 42.5 Å². The number of rotatable bonds is 4. The normalized spacial score (nSPS) is 17.5. The molecule has 0 saturated heterocycles. The molecule has 1 N–H and O–H groups in total. The predicted molar refractivity (Wildman–Crippen MR) is 105 cm³/mol. The Kier molecular flexibility index (Phi) is 4.15. The second kappa shape index (κ2) is 6.82. The highest BCUT2D eigenvalue weighted by molar-refractivity contribution is 5.57. The molecule has 1 aliphatic heterocycles. The number of tetrazole rings is 1. The number of hydrogen-bond donors (Lipinski definition) is 1. The minimum atomic E-state index is -0.309. The van der Waals surface area contributed by atoms with Crippen molar-refractivity contribution in [1.82, 2.24) is 20.2 Å². The van der Waals surface area contributed by atoms with Crippen LogP contribution in [-0.4, -0.2) is 33.4 Å². The number of aryl methyl sites for hydroxylation is 1. The quantitative estimate of drug-likeness (QED) is 0.748. The summed E-state index contributed by atoms with van der Waals surface area (Å²) in [5.74, 6) is 2.43. The summed E-state index contributed by atoms with van der Waals surface area (Å²) in [6.45, 7) is 3.24. The van der Waals surface area contributed by atoms with Crippen LogP contribution in [0.25, 0.3) is 5.69 Å². The van der Waals surface area contributed by atoms with Crippen molar-refractivity contribution in [2.75, 3.05) is 18.5 Å². The van der Waals surface area contributed by atoms with E-state index in [0.29, 0.717) is 13.2 Å². The summed E-state index contributed by atoms with van der Waals surface area (Å²) in [5.41, 5.74) is 2.84. The topological polar surface area (TPSA) is 74.1 Å². The van der Waals surface area contributed by atoms with E-state index >= 15 is 0 Å². The standard InChI is InChI=1S/C21H23N5O2/c1-15-5-4-6-17(13-15)26-20(23-24-25-26)21(9-2-3-10-21)22-16-7-8-18-19(14-16)28-12-11-27-18/h4-8,13-14,22H,2-3,9-12H2,1H3. The van der Waals surface area contributed by atoms with Crippen molar-refractivity contribution in [2.24, 2.45) is 0 Å². The molecule has 3 aromatic rings. The Balaban J connectivity index is 1.53. The van der Waals surface area contributed by atoms with E-state index in [9.17, 15) is 0 Å². The van der Waals surface area contributed by atoms with Crippen LogP contribution in [0.3, 0.4) is 0 Å². The van der Waals surface area contributed by atoms with E-state index < -0.39 is 0 Å². The van der Waals surface area contributed by atoms with Crippen molar-refractivity contribution < 1.29 is 9.47 Å². The smallest absolute Gasteiger partial charge is 0.181 e. The molecular formula is C21H23N5O2. The summed E-state index contributed by atoms with van der Waals surface area (Å²) in [6.07, 6.45) is 4.23. The van der Waals surface area contributed by atoms with Gasteiger partial charge < -0.3 is 14.8 Å². The molecule has 0 amide bonds. The first kappa shape index (κ1) is 17.0. The van der Waals surface area contributed by atoms with E-state index in [0.717, 1.165) is 54.4 Å². The van der Waals surface area contributed by atoms with Crippen LogP contribution in [-0.2, 0) is 5.54 Å². The van der Waals surface area contributed by atoms with E-state index in [1.807, 2.05) is 35.0 Å². The van der Waals surface area contributed by atoms with Gasteiger partial charge in [-0.15, -0.1) is 5.10 Å². The SMILES string of the molecule is Cc1cccc(-n2nnnc2C2(Nc3ccc4c(c3)OCCO4)CCCC2)c1. The van der Waals surface area contributed by atoms with Crippen LogP contribution < -0.4 is 14.8 Å². The molecule has 1 fully saturated rings. The molecule has 0 atom stereocenters. The number of hydrogen-bond acceptors (Lipinski definition) is 6. The van der Waals surface area contributed by atoms with Crippen molar-refractivity contribution in [1.29, 1.82) is 0 Å². The number of nitrogens with zero attached hydrogens (tertiary/aromatic N) is 4. The molecule has 28 heavy (non-hydrogen) atoms. The number of aromatic nitrogens is 4. The number of benzene rings is 2. The van der Waals surface area contributed by atoms with Gasteiger partial charge in [0, 0.05) is 11.8 Å². The van der Waals surface area contributed by atoms with Crippen LogP contribution in [0.1, 0.15) is 37.1 Å². The highest BCUT2D eigenvalue weighted by Gasteiger charge is 2.41. The summed E-state index contributed by atoms with van der Waals surface area (Å²) in [6, 6.07) is 14.3. The second-order valence-electron chi connectivity index (χ2n) is 7.53. The molecule has 2 aromatic carbocycles. The van der Waals surface area contributed by atoms with Crippen molar-refractivity contribution in [2.45, 2.75) is 38.1 Å². The lowest BCUT2D eigenvalue weighted by atomic mass is 9.95. The predicted octanol–water partition coefficient (Wildman–Crippen LogP) is 3.62. The second-order valence-corrected chi connectivity index (χ2v) is 7.53. The Bertz CT molecular complexity index is 994. The third-order valence-corrected chi connectivity index (χ3v) is 5.53. The zero-order chi connectivity index (χ0) is 19.0. The summed E-state index contributed by atoms with van der Waals surface area (Å²) in [5, 5.41) is 16.5. The van der Waals surface area contributed by atoms with Crippen molar-refractivity contribution in [3.63, 3.8) is 0 Å². The third-order valence-electron chi connectivity index (χ3n) is 5.53. The van der Waals surface area contributed by atoms with Crippen LogP contribution >= 0.6 is 0 Å². The molecule has 0 unspecified atom stereocenters. The first-order valence-electron chi connectivity index (χ1n) is 9.77. The van der Waals surface area contributed by atoms with Gasteiger partial charge in [0.1, 0.15) is 13.2 Å². The highest BCUT2D eigenvalue weighted by atomic mass is 16.6. The van der Waals surface area contributed by atoms with E-state index in [4.69, 9.17) is 9.47 Å². The zero-order valence-corrected chi connectivity index (χ0v) is 15.9. The van der Waals surface area contributed by atoms with Gasteiger partial charge in [-0.1, -0.05) is 25.0 Å². The molecule has 0 spiro atoms. The van der Waals surface area contributed by atoms with Gasteiger partial charge in [-0.25, -0.2) is 0 Å². The maximum absolute atomic E-state index is 5.75. The number of anilines is 1. The van der Waals surface area contributed by atoms with Gasteiger partial charge in [-0.05, 0) is 60.0 Å². The largest absolute Gasteiger partial charge is 0.486 e. The zero-order valence-electron chi connectivity index (χ0n) is 15.9. The molecule has 0 radical (unpaired) electrons. The molecule has 1 aliphatic carbocycles. The maximum atomic E-state index is 5.75. The van der Waals surface area contributed by atoms with Gasteiger partial charge in [-0.3, -0.25) is 0 Å². The Labute approximate surface area is 163 Å². The fraction of sp³-hybridized carbons (Fsp3) is 0.381. The number of fused-ring (bicyclic) bond motifs is 1. The first-order valence-corrected chi connectivity index (χ1v) is 9.77. The molecule has 0 bridgehead atoms. The highest BCUT2D eigenvalue weighted by Crippen LogP contribution is 2.42. The first-order chi connectivity index (χ1) is 13.7. The van der Waals surface area contributed by atoms with Gasteiger partial charge in [0.15, 0.2) is 17.3 Å². The lowest BCUT2D eigenvalue weighted by Crippen LogP contribution is -2.35. The number of nitrogens with one attached hydrogen (secondary N) is 1. The third kappa shape index (κ3) is 2.96. The molecule has 7 nitrogen and oxygen atoms in total. The van der Waals surface area contributed by atoms with Gasteiger partial charge in [-0.2, -0.15) is 4.68 Å². The van der Waals surface area contributed by atoms with E-state index in [-0.39, 0.29) is 5.54 Å². The molecule has 1 saturated carbocycles. The van der Waals surface area contributed by atoms with Crippen molar-refractivity contribution in [3.8, 4) is 17.2 Å².